The maximum atomic E-state index is 5.51. The van der Waals surface area contributed by atoms with Gasteiger partial charge in [-0.3, -0.25) is 0 Å². The number of hydrogen-bond acceptors (Lipinski definition) is 3. The molecule has 2 aromatic heterocycles. The van der Waals surface area contributed by atoms with Crippen LogP contribution in [-0.4, -0.2) is 9.97 Å². The van der Waals surface area contributed by atoms with Gasteiger partial charge in [0.25, 0.3) is 0 Å². The van der Waals surface area contributed by atoms with Crippen LogP contribution in [0.15, 0.2) is 218 Å². The Morgan fingerprint density at radius 2 is 0.823 bits per heavy atom. The number of thiophene rings is 1. The first-order valence-corrected chi connectivity index (χ1v) is 22.0. The molecule has 0 fully saturated rings. The largest absolute Gasteiger partial charge is 0.228 e. The van der Waals surface area contributed by atoms with Crippen LogP contribution in [0.1, 0.15) is 22.3 Å². The quantitative estimate of drug-likeness (QED) is 0.173. The lowest BCUT2D eigenvalue weighted by atomic mass is 9.69. The maximum absolute atomic E-state index is 5.51. The summed E-state index contributed by atoms with van der Waals surface area (Å²) in [6.45, 7) is 0. The molecule has 1 spiro atoms. The Kier molecular flexibility index (Phi) is 7.72. The molecule has 0 bridgehead atoms. The molecule has 3 heteroatoms. The van der Waals surface area contributed by atoms with Crippen molar-refractivity contribution in [3.05, 3.63) is 241 Å². The molecule has 0 saturated carbocycles. The summed E-state index contributed by atoms with van der Waals surface area (Å²) in [6, 6.07) is 79.7. The van der Waals surface area contributed by atoms with Crippen LogP contribution in [0, 0.1) is 0 Å². The second kappa shape index (κ2) is 13.7. The molecular formula is C59H36N2S. The van der Waals surface area contributed by atoms with Gasteiger partial charge in [-0.1, -0.05) is 182 Å². The molecule has 9 aromatic carbocycles. The summed E-state index contributed by atoms with van der Waals surface area (Å²) in [6.07, 6.45) is 0. The minimum absolute atomic E-state index is 0.515. The molecule has 0 radical (unpaired) electrons. The zero-order valence-corrected chi connectivity index (χ0v) is 34.4. The Morgan fingerprint density at radius 3 is 1.53 bits per heavy atom. The molecule has 13 rings (SSSR count). The first-order chi connectivity index (χ1) is 30.7. The normalized spacial score (nSPS) is 13.0. The summed E-state index contributed by atoms with van der Waals surface area (Å²) in [5.41, 5.74) is 19.3. The van der Waals surface area contributed by atoms with Crippen LogP contribution >= 0.6 is 11.3 Å². The molecule has 0 saturated heterocycles. The van der Waals surface area contributed by atoms with Crippen LogP contribution in [0.5, 0.6) is 0 Å². The van der Waals surface area contributed by atoms with E-state index in [-0.39, 0.29) is 0 Å². The third-order valence-electron chi connectivity index (χ3n) is 13.1. The van der Waals surface area contributed by atoms with Gasteiger partial charge >= 0.3 is 0 Å². The van der Waals surface area contributed by atoms with Crippen LogP contribution in [0.2, 0.25) is 0 Å². The third kappa shape index (κ3) is 5.16. The highest BCUT2D eigenvalue weighted by atomic mass is 32.1. The van der Waals surface area contributed by atoms with Gasteiger partial charge in [-0.2, -0.15) is 0 Å². The second-order valence-corrected chi connectivity index (χ2v) is 17.5. The van der Waals surface area contributed by atoms with E-state index >= 15 is 0 Å². The zero-order valence-electron chi connectivity index (χ0n) is 33.6. The van der Waals surface area contributed by atoms with Crippen molar-refractivity contribution in [2.45, 2.75) is 5.41 Å². The molecule has 2 nitrogen and oxygen atoms in total. The van der Waals surface area contributed by atoms with Crippen molar-refractivity contribution in [1.82, 2.24) is 9.97 Å². The average molecular weight is 805 g/mol. The second-order valence-electron chi connectivity index (χ2n) is 16.4. The van der Waals surface area contributed by atoms with Gasteiger partial charge in [-0.05, 0) is 103 Å². The average Bonchev–Trinajstić information content (AvgIpc) is 3.98. The lowest BCUT2D eigenvalue weighted by molar-refractivity contribution is 0.795. The topological polar surface area (TPSA) is 25.8 Å². The van der Waals surface area contributed by atoms with Crippen molar-refractivity contribution in [1.29, 1.82) is 0 Å². The summed E-state index contributed by atoms with van der Waals surface area (Å²) >= 11 is 1.85. The van der Waals surface area contributed by atoms with Crippen molar-refractivity contribution < 1.29 is 0 Å². The number of hydrogen-bond donors (Lipinski definition) is 0. The van der Waals surface area contributed by atoms with Crippen LogP contribution in [0.4, 0.5) is 0 Å². The minimum Gasteiger partial charge on any atom is -0.228 e. The Balaban J connectivity index is 1.07. The first-order valence-electron chi connectivity index (χ1n) is 21.2. The van der Waals surface area contributed by atoms with Gasteiger partial charge in [0.2, 0.25) is 0 Å². The van der Waals surface area contributed by atoms with Crippen molar-refractivity contribution >= 4 is 31.5 Å². The van der Waals surface area contributed by atoms with E-state index in [4.69, 9.17) is 9.97 Å². The van der Waals surface area contributed by atoms with Crippen molar-refractivity contribution in [2.75, 3.05) is 0 Å². The molecule has 0 atom stereocenters. The van der Waals surface area contributed by atoms with E-state index in [1.165, 1.54) is 70.2 Å². The number of rotatable bonds is 5. The van der Waals surface area contributed by atoms with Crippen molar-refractivity contribution in [3.8, 4) is 78.4 Å². The van der Waals surface area contributed by atoms with Gasteiger partial charge in [-0.15, -0.1) is 11.3 Å². The third-order valence-corrected chi connectivity index (χ3v) is 14.2. The predicted molar refractivity (Wildman–Crippen MR) is 258 cm³/mol. The maximum Gasteiger partial charge on any atom is 0.160 e. The van der Waals surface area contributed by atoms with Crippen LogP contribution < -0.4 is 0 Å². The fraction of sp³-hybridized carbons (Fsp3) is 0.0169. The zero-order chi connectivity index (χ0) is 40.8. The smallest absolute Gasteiger partial charge is 0.160 e. The fourth-order valence-electron chi connectivity index (χ4n) is 10.5. The highest BCUT2D eigenvalue weighted by Crippen LogP contribution is 2.64. The molecule has 2 aliphatic carbocycles. The van der Waals surface area contributed by atoms with Gasteiger partial charge in [0.15, 0.2) is 5.82 Å². The standard InChI is InChI=1S/C59H36N2S/c1-3-16-37(17-4-1)40-32-41(39-30-31-47-46-23-10-14-29-55(46)62-56(47)35-39)34-42(33-40)53-36-54(61-58(60-53)38-18-5-2-6-19-38)49-25-15-24-48-45-22-9-13-28-52(45)59(57(48)49)50-26-11-7-20-43(50)44-21-8-12-27-51(44)59/h1-36H. The highest BCUT2D eigenvalue weighted by molar-refractivity contribution is 7.25. The summed E-state index contributed by atoms with van der Waals surface area (Å²) < 4.78 is 2.59. The lowest BCUT2D eigenvalue weighted by Crippen LogP contribution is -2.26. The summed E-state index contributed by atoms with van der Waals surface area (Å²) in [5, 5.41) is 2.60. The van der Waals surface area contributed by atoms with Gasteiger partial charge in [0.1, 0.15) is 0 Å². The number of benzene rings is 9. The summed E-state index contributed by atoms with van der Waals surface area (Å²) in [5.74, 6) is 0.700. The van der Waals surface area contributed by atoms with E-state index in [9.17, 15) is 0 Å². The highest BCUT2D eigenvalue weighted by Gasteiger charge is 2.52. The Morgan fingerprint density at radius 1 is 0.306 bits per heavy atom. The van der Waals surface area contributed by atoms with E-state index in [2.05, 4.69) is 218 Å². The van der Waals surface area contributed by atoms with Gasteiger partial charge in [0.05, 0.1) is 16.8 Å². The lowest BCUT2D eigenvalue weighted by Gasteiger charge is -2.32. The molecule has 62 heavy (non-hydrogen) atoms. The molecule has 2 heterocycles. The molecule has 0 amide bonds. The molecule has 2 aliphatic rings. The summed E-state index contributed by atoms with van der Waals surface area (Å²) in [7, 11) is 0. The monoisotopic (exact) mass is 804 g/mol. The molecule has 0 aliphatic heterocycles. The Labute approximate surface area is 364 Å². The Bertz CT molecular complexity index is 3520. The van der Waals surface area contributed by atoms with Gasteiger partial charge in [0, 0.05) is 36.9 Å². The molecule has 0 unspecified atom stereocenters. The Hall–Kier alpha value is -7.72. The molecule has 0 N–H and O–H groups in total. The molecule has 288 valence electrons. The number of fused-ring (bicyclic) bond motifs is 13. The number of aromatic nitrogens is 2. The summed E-state index contributed by atoms with van der Waals surface area (Å²) in [4.78, 5) is 10.9. The molecular weight excluding hydrogens is 769 g/mol. The van der Waals surface area contributed by atoms with E-state index in [1.54, 1.807) is 0 Å². The first kappa shape index (κ1) is 35.1. The van der Waals surface area contributed by atoms with Gasteiger partial charge in [-0.25, -0.2) is 9.97 Å². The molecule has 11 aromatic rings. The van der Waals surface area contributed by atoms with Crippen LogP contribution in [-0.2, 0) is 5.41 Å². The SMILES string of the molecule is c1ccc(-c2cc(-c3ccc4c(c3)sc3ccccc34)cc(-c3cc(-c4cccc5c4C4(c6ccccc6-c6ccccc64)c4ccccc4-5)nc(-c4ccccc4)n3)c2)cc1. The predicted octanol–water partition coefficient (Wildman–Crippen LogP) is 15.5. The van der Waals surface area contributed by atoms with Crippen LogP contribution in [0.25, 0.3) is 98.6 Å². The van der Waals surface area contributed by atoms with Gasteiger partial charge < -0.3 is 0 Å². The van der Waals surface area contributed by atoms with E-state index < -0.39 is 5.41 Å². The van der Waals surface area contributed by atoms with Crippen LogP contribution in [0.3, 0.4) is 0 Å². The van der Waals surface area contributed by atoms with Crippen molar-refractivity contribution in [3.63, 3.8) is 0 Å². The van der Waals surface area contributed by atoms with Crippen molar-refractivity contribution in [2.24, 2.45) is 0 Å². The minimum atomic E-state index is -0.515. The van der Waals surface area contributed by atoms with E-state index in [0.717, 1.165) is 44.8 Å². The fourth-order valence-corrected chi connectivity index (χ4v) is 11.6. The van der Waals surface area contributed by atoms with E-state index in [0.29, 0.717) is 5.82 Å². The number of nitrogens with zero attached hydrogens (tertiary/aromatic N) is 2. The van der Waals surface area contributed by atoms with E-state index in [1.807, 2.05) is 11.3 Å².